The molecule has 0 heterocycles. The molecule has 0 aromatic heterocycles. The Morgan fingerprint density at radius 2 is 2.12 bits per heavy atom. The highest BCUT2D eigenvalue weighted by molar-refractivity contribution is 9.10. The lowest BCUT2D eigenvalue weighted by atomic mass is 9.98. The number of nitrogens with one attached hydrogen (secondary N) is 1. The van der Waals surface area contributed by atoms with Gasteiger partial charge in [-0.1, -0.05) is 12.8 Å². The summed E-state index contributed by atoms with van der Waals surface area (Å²) < 4.78 is 0.788. The Morgan fingerprint density at radius 1 is 1.41 bits per heavy atom. The summed E-state index contributed by atoms with van der Waals surface area (Å²) >= 11 is 3.37. The van der Waals surface area contributed by atoms with Crippen molar-refractivity contribution in [2.24, 2.45) is 0 Å². The first-order valence-electron chi connectivity index (χ1n) is 5.78. The number of benzene rings is 1. The Morgan fingerprint density at radius 3 is 2.65 bits per heavy atom. The fourth-order valence-electron chi connectivity index (χ4n) is 2.36. The van der Waals surface area contributed by atoms with Gasteiger partial charge < -0.3 is 10.4 Å². The number of hydrogen-bond acceptors (Lipinski definition) is 3. The molecule has 4 heteroatoms. The summed E-state index contributed by atoms with van der Waals surface area (Å²) in [6.07, 6.45) is 4.32. The fourth-order valence-corrected chi connectivity index (χ4v) is 2.83. The van der Waals surface area contributed by atoms with Crippen LogP contribution in [0.1, 0.15) is 31.2 Å². The second kappa shape index (κ2) is 5.07. The second-order valence-corrected chi connectivity index (χ2v) is 5.43. The maximum atomic E-state index is 9.52. The van der Waals surface area contributed by atoms with Gasteiger partial charge in [-0.2, -0.15) is 5.26 Å². The molecule has 3 nitrogen and oxygen atoms in total. The Labute approximate surface area is 110 Å². The van der Waals surface area contributed by atoms with Crippen LogP contribution in [0.15, 0.2) is 22.7 Å². The average Bonchev–Trinajstić information content (AvgIpc) is 2.79. The summed E-state index contributed by atoms with van der Waals surface area (Å²) in [7, 11) is 0. The van der Waals surface area contributed by atoms with Crippen molar-refractivity contribution in [2.45, 2.75) is 31.2 Å². The van der Waals surface area contributed by atoms with Crippen LogP contribution in [0.3, 0.4) is 0 Å². The van der Waals surface area contributed by atoms with E-state index in [0.717, 1.165) is 35.8 Å². The first-order valence-corrected chi connectivity index (χ1v) is 6.57. The number of aliphatic hydroxyl groups is 1. The molecule has 17 heavy (non-hydrogen) atoms. The molecular formula is C13H15BrN2O. The number of anilines is 1. The molecule has 0 atom stereocenters. The standard InChI is InChI=1S/C13H15BrN2O/c14-12-7-11(4-3-10(12)8-15)16-13(9-17)5-1-2-6-13/h3-4,7,16-17H,1-2,5-6,9H2. The normalized spacial score (nSPS) is 17.7. The highest BCUT2D eigenvalue weighted by Crippen LogP contribution is 2.33. The summed E-state index contributed by atoms with van der Waals surface area (Å²) in [6, 6.07) is 7.68. The van der Waals surface area contributed by atoms with Crippen LogP contribution < -0.4 is 5.32 Å². The maximum absolute atomic E-state index is 9.52. The molecule has 1 aliphatic carbocycles. The van der Waals surface area contributed by atoms with Crippen LogP contribution in [0.5, 0.6) is 0 Å². The van der Waals surface area contributed by atoms with Gasteiger partial charge >= 0.3 is 0 Å². The minimum absolute atomic E-state index is 0.157. The SMILES string of the molecule is N#Cc1ccc(NC2(CO)CCCC2)cc1Br. The summed E-state index contributed by atoms with van der Waals surface area (Å²) in [6.45, 7) is 0.157. The third-order valence-corrected chi connectivity index (χ3v) is 4.02. The Balaban J connectivity index is 2.19. The van der Waals surface area contributed by atoms with Gasteiger partial charge in [-0.05, 0) is 47.0 Å². The summed E-state index contributed by atoms with van der Waals surface area (Å²) in [5.74, 6) is 0. The summed E-state index contributed by atoms with van der Waals surface area (Å²) in [4.78, 5) is 0. The third kappa shape index (κ3) is 2.62. The van der Waals surface area contributed by atoms with Crippen LogP contribution in [-0.4, -0.2) is 17.3 Å². The van der Waals surface area contributed by atoms with E-state index >= 15 is 0 Å². The van der Waals surface area contributed by atoms with Gasteiger partial charge in [0, 0.05) is 10.2 Å². The van der Waals surface area contributed by atoms with E-state index < -0.39 is 0 Å². The number of halogens is 1. The van der Waals surface area contributed by atoms with Crippen LogP contribution in [0.25, 0.3) is 0 Å². The maximum Gasteiger partial charge on any atom is 0.100 e. The molecule has 0 aliphatic heterocycles. The van der Waals surface area contributed by atoms with Gasteiger partial charge in [-0.15, -0.1) is 0 Å². The van der Waals surface area contributed by atoms with Gasteiger partial charge in [-0.25, -0.2) is 0 Å². The van der Waals surface area contributed by atoms with Crippen molar-refractivity contribution in [3.05, 3.63) is 28.2 Å². The molecule has 1 aliphatic rings. The fraction of sp³-hybridized carbons (Fsp3) is 0.462. The molecule has 90 valence electrons. The zero-order chi connectivity index (χ0) is 12.3. The minimum Gasteiger partial charge on any atom is -0.394 e. The monoisotopic (exact) mass is 294 g/mol. The lowest BCUT2D eigenvalue weighted by Crippen LogP contribution is -2.38. The first kappa shape index (κ1) is 12.4. The predicted octanol–water partition coefficient (Wildman–Crippen LogP) is 3.04. The average molecular weight is 295 g/mol. The quantitative estimate of drug-likeness (QED) is 0.901. The lowest BCUT2D eigenvalue weighted by molar-refractivity contribution is 0.214. The van der Waals surface area contributed by atoms with Crippen molar-refractivity contribution in [2.75, 3.05) is 11.9 Å². The Hall–Kier alpha value is -1.05. The molecular weight excluding hydrogens is 280 g/mol. The molecule has 0 unspecified atom stereocenters. The lowest BCUT2D eigenvalue weighted by Gasteiger charge is -2.29. The van der Waals surface area contributed by atoms with Crippen molar-refractivity contribution >= 4 is 21.6 Å². The zero-order valence-corrected chi connectivity index (χ0v) is 11.1. The van der Waals surface area contributed by atoms with Crippen LogP contribution in [0.4, 0.5) is 5.69 Å². The Bertz CT molecular complexity index is 447. The predicted molar refractivity (Wildman–Crippen MR) is 70.8 cm³/mol. The molecule has 2 N–H and O–H groups in total. The number of nitrogens with zero attached hydrogens (tertiary/aromatic N) is 1. The zero-order valence-electron chi connectivity index (χ0n) is 9.54. The van der Waals surface area contributed by atoms with E-state index in [1.54, 1.807) is 6.07 Å². The van der Waals surface area contributed by atoms with Gasteiger partial charge in [0.25, 0.3) is 0 Å². The molecule has 0 radical (unpaired) electrons. The van der Waals surface area contributed by atoms with E-state index in [1.807, 2.05) is 12.1 Å². The highest BCUT2D eigenvalue weighted by Gasteiger charge is 2.32. The number of hydrogen-bond donors (Lipinski definition) is 2. The number of nitriles is 1. The van der Waals surface area contributed by atoms with Crippen LogP contribution >= 0.6 is 15.9 Å². The summed E-state index contributed by atoms with van der Waals surface area (Å²) in [5.41, 5.74) is 1.40. The van der Waals surface area contributed by atoms with E-state index in [9.17, 15) is 5.11 Å². The molecule has 0 spiro atoms. The van der Waals surface area contributed by atoms with Crippen LogP contribution in [0.2, 0.25) is 0 Å². The second-order valence-electron chi connectivity index (χ2n) is 4.58. The van der Waals surface area contributed by atoms with E-state index in [-0.39, 0.29) is 12.1 Å². The first-order chi connectivity index (χ1) is 8.19. The van der Waals surface area contributed by atoms with Gasteiger partial charge in [-0.3, -0.25) is 0 Å². The molecule has 1 fully saturated rings. The highest BCUT2D eigenvalue weighted by atomic mass is 79.9. The van der Waals surface area contributed by atoms with Crippen molar-refractivity contribution in [3.8, 4) is 6.07 Å². The number of aliphatic hydroxyl groups excluding tert-OH is 1. The minimum atomic E-state index is -0.173. The summed E-state index contributed by atoms with van der Waals surface area (Å²) in [5, 5.41) is 21.8. The van der Waals surface area contributed by atoms with Crippen molar-refractivity contribution in [1.82, 2.24) is 0 Å². The van der Waals surface area contributed by atoms with E-state index in [4.69, 9.17) is 5.26 Å². The molecule has 1 aromatic carbocycles. The third-order valence-electron chi connectivity index (χ3n) is 3.36. The van der Waals surface area contributed by atoms with Crippen molar-refractivity contribution < 1.29 is 5.11 Å². The molecule has 2 rings (SSSR count). The van der Waals surface area contributed by atoms with Gasteiger partial charge in [0.05, 0.1) is 17.7 Å². The van der Waals surface area contributed by atoms with E-state index in [1.165, 1.54) is 0 Å². The molecule has 0 saturated heterocycles. The van der Waals surface area contributed by atoms with Gasteiger partial charge in [0.1, 0.15) is 6.07 Å². The molecule has 0 amide bonds. The van der Waals surface area contributed by atoms with Gasteiger partial charge in [0.2, 0.25) is 0 Å². The van der Waals surface area contributed by atoms with Crippen molar-refractivity contribution in [3.63, 3.8) is 0 Å². The van der Waals surface area contributed by atoms with Crippen molar-refractivity contribution in [1.29, 1.82) is 5.26 Å². The molecule has 0 bridgehead atoms. The largest absolute Gasteiger partial charge is 0.394 e. The Kier molecular flexibility index (Phi) is 3.70. The van der Waals surface area contributed by atoms with E-state index in [2.05, 4.69) is 27.3 Å². The van der Waals surface area contributed by atoms with Crippen LogP contribution in [0, 0.1) is 11.3 Å². The molecule has 1 saturated carbocycles. The van der Waals surface area contributed by atoms with Crippen LogP contribution in [-0.2, 0) is 0 Å². The van der Waals surface area contributed by atoms with Gasteiger partial charge in [0.15, 0.2) is 0 Å². The number of rotatable bonds is 3. The topological polar surface area (TPSA) is 56.0 Å². The van der Waals surface area contributed by atoms with E-state index in [0.29, 0.717) is 5.56 Å². The molecule has 1 aromatic rings. The smallest absolute Gasteiger partial charge is 0.100 e.